The Morgan fingerprint density at radius 3 is 2.23 bits per heavy atom. The van der Waals surface area contributed by atoms with Crippen LogP contribution in [0.1, 0.15) is 11.1 Å². The van der Waals surface area contributed by atoms with E-state index in [0.717, 1.165) is 16.8 Å². The number of hydrogen-bond donors (Lipinski definition) is 2. The SMILES string of the molecule is CNS(=O)(=O)c1ccc(/C=C/C(=O)N2CCN(C(=O)Nc3cccc(C)c3)CC2)cc1. The van der Waals surface area contributed by atoms with Crippen LogP contribution in [0.2, 0.25) is 0 Å². The molecule has 3 rings (SSSR count). The number of piperazine rings is 1. The summed E-state index contributed by atoms with van der Waals surface area (Å²) in [6.07, 6.45) is 3.11. The van der Waals surface area contributed by atoms with E-state index in [1.165, 1.54) is 25.3 Å². The van der Waals surface area contributed by atoms with Crippen LogP contribution in [0.4, 0.5) is 10.5 Å². The van der Waals surface area contributed by atoms with Crippen molar-refractivity contribution < 1.29 is 18.0 Å². The summed E-state index contributed by atoms with van der Waals surface area (Å²) in [7, 11) is -2.13. The van der Waals surface area contributed by atoms with Gasteiger partial charge in [-0.3, -0.25) is 4.79 Å². The quantitative estimate of drug-likeness (QED) is 0.694. The van der Waals surface area contributed by atoms with E-state index < -0.39 is 10.0 Å². The molecule has 31 heavy (non-hydrogen) atoms. The fourth-order valence-corrected chi connectivity index (χ4v) is 3.93. The summed E-state index contributed by atoms with van der Waals surface area (Å²) >= 11 is 0. The van der Waals surface area contributed by atoms with Gasteiger partial charge in [-0.1, -0.05) is 24.3 Å². The first-order chi connectivity index (χ1) is 14.8. The van der Waals surface area contributed by atoms with Crippen LogP contribution in [0, 0.1) is 6.92 Å². The topological polar surface area (TPSA) is 98.8 Å². The number of anilines is 1. The van der Waals surface area contributed by atoms with Crippen molar-refractivity contribution in [2.45, 2.75) is 11.8 Å². The molecule has 0 radical (unpaired) electrons. The Balaban J connectivity index is 1.51. The molecule has 1 aliphatic heterocycles. The summed E-state index contributed by atoms with van der Waals surface area (Å²) in [6, 6.07) is 13.7. The lowest BCUT2D eigenvalue weighted by Crippen LogP contribution is -2.51. The molecule has 8 nitrogen and oxygen atoms in total. The lowest BCUT2D eigenvalue weighted by atomic mass is 10.2. The molecule has 2 aromatic rings. The van der Waals surface area contributed by atoms with E-state index in [0.29, 0.717) is 26.2 Å². The third-order valence-corrected chi connectivity index (χ3v) is 6.46. The van der Waals surface area contributed by atoms with Crippen molar-refractivity contribution in [2.24, 2.45) is 0 Å². The number of nitrogens with zero attached hydrogens (tertiary/aromatic N) is 2. The predicted octanol–water partition coefficient (Wildman–Crippen LogP) is 2.29. The molecule has 0 bridgehead atoms. The second-order valence-corrected chi connectivity index (χ2v) is 9.11. The van der Waals surface area contributed by atoms with Crippen molar-refractivity contribution in [3.8, 4) is 0 Å². The number of amides is 3. The fraction of sp³-hybridized carbons (Fsp3) is 0.273. The van der Waals surface area contributed by atoms with Crippen molar-refractivity contribution in [3.05, 3.63) is 65.7 Å². The molecule has 2 N–H and O–H groups in total. The Morgan fingerprint density at radius 2 is 1.61 bits per heavy atom. The molecular formula is C22H26N4O4S. The van der Waals surface area contributed by atoms with Gasteiger partial charge in [0.2, 0.25) is 15.9 Å². The number of rotatable bonds is 5. The van der Waals surface area contributed by atoms with E-state index in [-0.39, 0.29) is 16.8 Å². The van der Waals surface area contributed by atoms with E-state index in [2.05, 4.69) is 10.0 Å². The number of carbonyl (C=O) groups is 2. The molecule has 1 fully saturated rings. The maximum absolute atomic E-state index is 12.5. The number of aryl methyl sites for hydroxylation is 1. The summed E-state index contributed by atoms with van der Waals surface area (Å²) in [5, 5.41) is 2.88. The van der Waals surface area contributed by atoms with Crippen LogP contribution in [-0.4, -0.2) is 63.4 Å². The molecule has 0 spiro atoms. The largest absolute Gasteiger partial charge is 0.336 e. The maximum Gasteiger partial charge on any atom is 0.321 e. The number of urea groups is 1. The molecular weight excluding hydrogens is 416 g/mol. The van der Waals surface area contributed by atoms with Gasteiger partial charge in [0.25, 0.3) is 0 Å². The van der Waals surface area contributed by atoms with Crippen LogP contribution >= 0.6 is 0 Å². The van der Waals surface area contributed by atoms with Crippen LogP contribution in [0.3, 0.4) is 0 Å². The number of nitrogens with one attached hydrogen (secondary N) is 2. The van der Waals surface area contributed by atoms with E-state index >= 15 is 0 Å². The zero-order valence-electron chi connectivity index (χ0n) is 17.5. The summed E-state index contributed by atoms with van der Waals surface area (Å²) in [6.45, 7) is 3.77. The van der Waals surface area contributed by atoms with Crippen LogP contribution in [0.15, 0.2) is 59.5 Å². The molecule has 0 aromatic heterocycles. The van der Waals surface area contributed by atoms with Gasteiger partial charge >= 0.3 is 6.03 Å². The van der Waals surface area contributed by atoms with Gasteiger partial charge in [0.05, 0.1) is 4.90 Å². The van der Waals surface area contributed by atoms with Gasteiger partial charge in [-0.25, -0.2) is 17.9 Å². The zero-order chi connectivity index (χ0) is 22.4. The lowest BCUT2D eigenvalue weighted by molar-refractivity contribution is -0.127. The Morgan fingerprint density at radius 1 is 0.968 bits per heavy atom. The molecule has 164 valence electrons. The van der Waals surface area contributed by atoms with Gasteiger partial charge in [-0.15, -0.1) is 0 Å². The molecule has 0 aliphatic carbocycles. The summed E-state index contributed by atoms with van der Waals surface area (Å²) in [5.74, 6) is -0.148. The maximum atomic E-state index is 12.5. The minimum atomic E-state index is -3.48. The first kappa shape index (κ1) is 22.5. The van der Waals surface area contributed by atoms with Crippen LogP contribution in [-0.2, 0) is 14.8 Å². The summed E-state index contributed by atoms with van der Waals surface area (Å²) < 4.78 is 25.8. The third kappa shape index (κ3) is 5.93. The highest BCUT2D eigenvalue weighted by molar-refractivity contribution is 7.89. The highest BCUT2D eigenvalue weighted by atomic mass is 32.2. The Kier molecular flexibility index (Phi) is 7.09. The second-order valence-electron chi connectivity index (χ2n) is 7.22. The summed E-state index contributed by atoms with van der Waals surface area (Å²) in [4.78, 5) is 28.4. The van der Waals surface area contributed by atoms with Crippen molar-refractivity contribution in [2.75, 3.05) is 38.5 Å². The molecule has 0 unspecified atom stereocenters. The number of sulfonamides is 1. The van der Waals surface area contributed by atoms with Gasteiger partial charge in [0, 0.05) is 37.9 Å². The highest BCUT2D eigenvalue weighted by Gasteiger charge is 2.23. The number of benzene rings is 2. The molecule has 0 atom stereocenters. The normalized spacial score (nSPS) is 14.6. The van der Waals surface area contributed by atoms with Crippen LogP contribution < -0.4 is 10.0 Å². The molecule has 1 aliphatic rings. The lowest BCUT2D eigenvalue weighted by Gasteiger charge is -2.34. The average Bonchev–Trinajstić information content (AvgIpc) is 2.78. The monoisotopic (exact) mass is 442 g/mol. The number of carbonyl (C=O) groups excluding carboxylic acids is 2. The summed E-state index contributed by atoms with van der Waals surface area (Å²) in [5.41, 5.74) is 2.54. The van der Waals surface area contributed by atoms with E-state index in [1.807, 2.05) is 31.2 Å². The van der Waals surface area contributed by atoms with Crippen LogP contribution in [0.5, 0.6) is 0 Å². The Hall–Kier alpha value is -3.17. The third-order valence-electron chi connectivity index (χ3n) is 5.03. The molecule has 9 heteroatoms. The molecule has 1 saturated heterocycles. The Bertz CT molecular complexity index is 1070. The first-order valence-corrected chi connectivity index (χ1v) is 11.4. The predicted molar refractivity (Wildman–Crippen MR) is 120 cm³/mol. The van der Waals surface area contributed by atoms with E-state index in [9.17, 15) is 18.0 Å². The molecule has 2 aromatic carbocycles. The second kappa shape index (κ2) is 9.76. The van der Waals surface area contributed by atoms with Crippen molar-refractivity contribution >= 4 is 33.7 Å². The average molecular weight is 443 g/mol. The minimum Gasteiger partial charge on any atom is -0.336 e. The van der Waals surface area contributed by atoms with Crippen molar-refractivity contribution in [1.29, 1.82) is 0 Å². The van der Waals surface area contributed by atoms with Gasteiger partial charge in [0.15, 0.2) is 0 Å². The van der Waals surface area contributed by atoms with Crippen molar-refractivity contribution in [3.63, 3.8) is 0 Å². The standard InChI is InChI=1S/C22H26N4O4S/c1-17-4-3-5-19(16-17)24-22(28)26-14-12-25(13-15-26)21(27)11-8-18-6-9-20(10-7-18)31(29,30)23-2/h3-11,16,23H,12-15H2,1-2H3,(H,24,28)/b11-8+. The number of hydrogen-bond acceptors (Lipinski definition) is 4. The fourth-order valence-electron chi connectivity index (χ4n) is 3.20. The minimum absolute atomic E-state index is 0.148. The van der Waals surface area contributed by atoms with E-state index in [4.69, 9.17) is 0 Å². The smallest absolute Gasteiger partial charge is 0.321 e. The highest BCUT2D eigenvalue weighted by Crippen LogP contribution is 2.13. The van der Waals surface area contributed by atoms with Crippen molar-refractivity contribution in [1.82, 2.24) is 14.5 Å². The van der Waals surface area contributed by atoms with Gasteiger partial charge in [-0.05, 0) is 55.4 Å². The molecule has 3 amide bonds. The van der Waals surface area contributed by atoms with E-state index in [1.54, 1.807) is 28.0 Å². The van der Waals surface area contributed by atoms with Gasteiger partial charge in [-0.2, -0.15) is 0 Å². The molecule has 0 saturated carbocycles. The Labute approximate surface area is 182 Å². The molecule has 1 heterocycles. The first-order valence-electron chi connectivity index (χ1n) is 9.92. The van der Waals surface area contributed by atoms with Gasteiger partial charge < -0.3 is 15.1 Å². The zero-order valence-corrected chi connectivity index (χ0v) is 18.4. The van der Waals surface area contributed by atoms with Crippen LogP contribution in [0.25, 0.3) is 6.08 Å². The van der Waals surface area contributed by atoms with Gasteiger partial charge in [0.1, 0.15) is 0 Å².